The molecule has 0 saturated carbocycles. The normalized spacial score (nSPS) is 13.0. The maximum atomic E-state index is 12.8. The van der Waals surface area contributed by atoms with Gasteiger partial charge < -0.3 is 11.5 Å². The van der Waals surface area contributed by atoms with E-state index in [1.807, 2.05) is 0 Å². The van der Waals surface area contributed by atoms with Gasteiger partial charge in [-0.1, -0.05) is 15.9 Å². The summed E-state index contributed by atoms with van der Waals surface area (Å²) in [5.74, 6) is -1.82. The summed E-state index contributed by atoms with van der Waals surface area (Å²) >= 11 is 3.08. The Morgan fingerprint density at radius 3 is 2.38 bits per heavy atom. The zero-order chi connectivity index (χ0) is 10.0. The van der Waals surface area contributed by atoms with Gasteiger partial charge in [0.1, 0.15) is 0 Å². The molecule has 0 saturated heterocycles. The smallest absolute Gasteiger partial charge is 0.159 e. The van der Waals surface area contributed by atoms with Crippen molar-refractivity contribution in [3.05, 3.63) is 33.8 Å². The summed E-state index contributed by atoms with van der Waals surface area (Å²) in [6.07, 6.45) is 0. The van der Waals surface area contributed by atoms with E-state index in [1.54, 1.807) is 0 Å². The van der Waals surface area contributed by atoms with Gasteiger partial charge in [-0.05, 0) is 17.7 Å². The van der Waals surface area contributed by atoms with Gasteiger partial charge in [-0.15, -0.1) is 0 Å². The second-order valence-corrected chi connectivity index (χ2v) is 3.48. The van der Waals surface area contributed by atoms with Crippen LogP contribution in [-0.2, 0) is 0 Å². The van der Waals surface area contributed by atoms with Crippen LogP contribution in [0.15, 0.2) is 16.6 Å². The molecule has 0 aliphatic carbocycles. The lowest BCUT2D eigenvalue weighted by atomic mass is 10.1. The molecule has 0 unspecified atom stereocenters. The Bertz CT molecular complexity index is 317. The van der Waals surface area contributed by atoms with Gasteiger partial charge in [0.25, 0.3) is 0 Å². The van der Waals surface area contributed by atoms with Gasteiger partial charge in [0.15, 0.2) is 11.6 Å². The van der Waals surface area contributed by atoms with Crippen molar-refractivity contribution < 1.29 is 8.78 Å². The zero-order valence-corrected chi connectivity index (χ0v) is 8.31. The Balaban J connectivity index is 3.15. The monoisotopic (exact) mass is 250 g/mol. The summed E-state index contributed by atoms with van der Waals surface area (Å²) in [5.41, 5.74) is 11.3. The van der Waals surface area contributed by atoms with Crippen LogP contribution >= 0.6 is 15.9 Å². The molecule has 0 radical (unpaired) electrons. The van der Waals surface area contributed by atoms with E-state index in [2.05, 4.69) is 15.9 Å². The highest BCUT2D eigenvalue weighted by Crippen LogP contribution is 2.24. The summed E-state index contributed by atoms with van der Waals surface area (Å²) in [6, 6.07) is 1.61. The Labute approximate surface area is 83.0 Å². The predicted octanol–water partition coefficient (Wildman–Crippen LogP) is 1.69. The molecule has 72 valence electrons. The van der Waals surface area contributed by atoms with Gasteiger partial charge in [0, 0.05) is 17.1 Å². The molecule has 4 N–H and O–H groups in total. The molecule has 0 spiro atoms. The molecule has 0 aliphatic rings. The quantitative estimate of drug-likeness (QED) is 0.786. The molecule has 5 heteroatoms. The van der Waals surface area contributed by atoms with Crippen molar-refractivity contribution in [3.63, 3.8) is 0 Å². The summed E-state index contributed by atoms with van der Waals surface area (Å²) < 4.78 is 25.8. The Morgan fingerprint density at radius 1 is 1.31 bits per heavy atom. The molecular weight excluding hydrogens is 242 g/mol. The van der Waals surface area contributed by atoms with Crippen LogP contribution in [0.25, 0.3) is 0 Å². The van der Waals surface area contributed by atoms with Crippen molar-refractivity contribution in [2.24, 2.45) is 11.5 Å². The standard InChI is InChI=1S/C8H9BrF2N2/c9-5-2-7(11)6(10)1-4(5)8(13)3-12/h1-2,8H,3,12-13H2/t8-/m0/s1. The second kappa shape index (κ2) is 4.13. The maximum absolute atomic E-state index is 12.8. The topological polar surface area (TPSA) is 52.0 Å². The average Bonchev–Trinajstić information content (AvgIpc) is 2.10. The highest BCUT2D eigenvalue weighted by atomic mass is 79.9. The molecule has 0 amide bonds. The van der Waals surface area contributed by atoms with Gasteiger partial charge in [-0.2, -0.15) is 0 Å². The fourth-order valence-corrected chi connectivity index (χ4v) is 1.56. The molecule has 2 nitrogen and oxygen atoms in total. The van der Waals surface area contributed by atoms with Gasteiger partial charge in [0.2, 0.25) is 0 Å². The first kappa shape index (κ1) is 10.6. The number of hydrogen-bond acceptors (Lipinski definition) is 2. The van der Waals surface area contributed by atoms with Gasteiger partial charge >= 0.3 is 0 Å². The van der Waals surface area contributed by atoms with Crippen molar-refractivity contribution in [3.8, 4) is 0 Å². The predicted molar refractivity (Wildman–Crippen MR) is 50.0 cm³/mol. The van der Waals surface area contributed by atoms with Crippen LogP contribution in [0.4, 0.5) is 8.78 Å². The highest BCUT2D eigenvalue weighted by molar-refractivity contribution is 9.10. The summed E-state index contributed by atoms with van der Waals surface area (Å²) in [4.78, 5) is 0. The number of nitrogens with two attached hydrogens (primary N) is 2. The molecule has 0 fully saturated rings. The lowest BCUT2D eigenvalue weighted by molar-refractivity contribution is 0.504. The summed E-state index contributed by atoms with van der Waals surface area (Å²) in [7, 11) is 0. The molecular formula is C8H9BrF2N2. The average molecular weight is 251 g/mol. The minimum absolute atomic E-state index is 0.184. The highest BCUT2D eigenvalue weighted by Gasteiger charge is 2.12. The number of halogens is 3. The van der Waals surface area contributed by atoms with E-state index in [-0.39, 0.29) is 6.54 Å². The van der Waals surface area contributed by atoms with Crippen molar-refractivity contribution in [1.29, 1.82) is 0 Å². The minimum Gasteiger partial charge on any atom is -0.329 e. The number of rotatable bonds is 2. The zero-order valence-electron chi connectivity index (χ0n) is 6.73. The third-order valence-corrected chi connectivity index (χ3v) is 2.38. The fraction of sp³-hybridized carbons (Fsp3) is 0.250. The first-order valence-corrected chi connectivity index (χ1v) is 4.45. The first-order chi connectivity index (χ1) is 6.06. The number of hydrogen-bond donors (Lipinski definition) is 2. The SMILES string of the molecule is NC[C@H](N)c1cc(F)c(F)cc1Br. The van der Waals surface area contributed by atoms with Crippen molar-refractivity contribution in [2.45, 2.75) is 6.04 Å². The summed E-state index contributed by atoms with van der Waals surface area (Å²) in [5, 5.41) is 0. The molecule has 0 heterocycles. The summed E-state index contributed by atoms with van der Waals surface area (Å²) in [6.45, 7) is 0.184. The van der Waals surface area contributed by atoms with Crippen LogP contribution in [0, 0.1) is 11.6 Å². The maximum Gasteiger partial charge on any atom is 0.159 e. The minimum atomic E-state index is -0.915. The van der Waals surface area contributed by atoms with Crippen LogP contribution in [-0.4, -0.2) is 6.54 Å². The van der Waals surface area contributed by atoms with Crippen LogP contribution < -0.4 is 11.5 Å². The molecule has 1 rings (SSSR count). The van der Waals surface area contributed by atoms with E-state index in [4.69, 9.17) is 11.5 Å². The third kappa shape index (κ3) is 2.24. The Hall–Kier alpha value is -0.520. The largest absolute Gasteiger partial charge is 0.329 e. The fourth-order valence-electron chi connectivity index (χ4n) is 0.949. The number of benzene rings is 1. The van der Waals surface area contributed by atoms with E-state index in [1.165, 1.54) is 0 Å². The van der Waals surface area contributed by atoms with Gasteiger partial charge in [-0.25, -0.2) is 8.78 Å². The Kier molecular flexibility index (Phi) is 3.35. The van der Waals surface area contributed by atoms with Crippen LogP contribution in [0.1, 0.15) is 11.6 Å². The first-order valence-electron chi connectivity index (χ1n) is 3.66. The lowest BCUT2D eigenvalue weighted by Crippen LogP contribution is -2.21. The van der Waals surface area contributed by atoms with E-state index in [9.17, 15) is 8.78 Å². The Morgan fingerprint density at radius 2 is 1.85 bits per heavy atom. The van der Waals surface area contributed by atoms with E-state index < -0.39 is 17.7 Å². The van der Waals surface area contributed by atoms with E-state index >= 15 is 0 Å². The van der Waals surface area contributed by atoms with Gasteiger partial charge in [-0.3, -0.25) is 0 Å². The molecule has 0 aromatic heterocycles. The van der Waals surface area contributed by atoms with Crippen LogP contribution in [0.3, 0.4) is 0 Å². The molecule has 0 bridgehead atoms. The van der Waals surface area contributed by atoms with Crippen LogP contribution in [0.5, 0.6) is 0 Å². The van der Waals surface area contributed by atoms with Crippen molar-refractivity contribution in [1.82, 2.24) is 0 Å². The van der Waals surface area contributed by atoms with Crippen LogP contribution in [0.2, 0.25) is 0 Å². The van der Waals surface area contributed by atoms with E-state index in [0.29, 0.717) is 10.0 Å². The molecule has 1 aromatic rings. The molecule has 1 atom stereocenters. The third-order valence-electron chi connectivity index (χ3n) is 1.69. The van der Waals surface area contributed by atoms with Crippen molar-refractivity contribution >= 4 is 15.9 Å². The molecule has 1 aromatic carbocycles. The molecule has 13 heavy (non-hydrogen) atoms. The molecule has 0 aliphatic heterocycles. The van der Waals surface area contributed by atoms with Crippen molar-refractivity contribution in [2.75, 3.05) is 6.54 Å². The lowest BCUT2D eigenvalue weighted by Gasteiger charge is -2.11. The van der Waals surface area contributed by atoms with E-state index in [0.717, 1.165) is 12.1 Å². The second-order valence-electron chi connectivity index (χ2n) is 2.63. The van der Waals surface area contributed by atoms with Gasteiger partial charge in [0.05, 0.1) is 0 Å².